The van der Waals surface area contributed by atoms with Gasteiger partial charge in [-0.2, -0.15) is 0 Å². The molecule has 0 atom stereocenters. The van der Waals surface area contributed by atoms with Crippen molar-refractivity contribution < 1.29 is 9.21 Å². The fourth-order valence-corrected chi connectivity index (χ4v) is 2.62. The average Bonchev–Trinajstić information content (AvgIpc) is 2.93. The second kappa shape index (κ2) is 5.56. The van der Waals surface area contributed by atoms with Gasteiger partial charge in [0.15, 0.2) is 5.76 Å². The van der Waals surface area contributed by atoms with Gasteiger partial charge in [-0.25, -0.2) is 0 Å². The predicted octanol–water partition coefficient (Wildman–Crippen LogP) is 4.14. The van der Waals surface area contributed by atoms with E-state index < -0.39 is 0 Å². The molecule has 0 fully saturated rings. The highest BCUT2D eigenvalue weighted by molar-refractivity contribution is 6.05. The summed E-state index contributed by atoms with van der Waals surface area (Å²) in [6.07, 6.45) is 0.793. The number of carbonyl (C=O) groups excluding carboxylic acids is 1. The molecule has 22 heavy (non-hydrogen) atoms. The van der Waals surface area contributed by atoms with Crippen LogP contribution in [0, 0.1) is 6.92 Å². The molecule has 3 rings (SSSR count). The van der Waals surface area contributed by atoms with Crippen LogP contribution in [-0.4, -0.2) is 5.91 Å². The van der Waals surface area contributed by atoms with Crippen molar-refractivity contribution in [2.45, 2.75) is 20.3 Å². The number of carbonyl (C=O) groups is 1. The van der Waals surface area contributed by atoms with Gasteiger partial charge in [0.2, 0.25) is 0 Å². The minimum atomic E-state index is -0.251. The lowest BCUT2D eigenvalue weighted by Crippen LogP contribution is -2.13. The summed E-state index contributed by atoms with van der Waals surface area (Å²) in [4.78, 5) is 12.5. The molecule has 0 bridgehead atoms. The first-order chi connectivity index (χ1) is 10.6. The van der Waals surface area contributed by atoms with E-state index in [4.69, 9.17) is 10.2 Å². The Morgan fingerprint density at radius 2 is 2.00 bits per heavy atom. The number of furan rings is 1. The fraction of sp³-hybridized carbons (Fsp3) is 0.167. The Hall–Kier alpha value is -2.75. The van der Waals surface area contributed by atoms with Crippen LogP contribution >= 0.6 is 0 Å². The third kappa shape index (κ3) is 2.55. The summed E-state index contributed by atoms with van der Waals surface area (Å²) < 4.78 is 5.60. The minimum Gasteiger partial charge on any atom is -0.451 e. The lowest BCUT2D eigenvalue weighted by Gasteiger charge is -2.13. The second-order valence-electron chi connectivity index (χ2n) is 5.33. The van der Waals surface area contributed by atoms with Crippen molar-refractivity contribution in [2.24, 2.45) is 0 Å². The maximum atomic E-state index is 12.5. The van der Waals surface area contributed by atoms with E-state index in [9.17, 15) is 4.79 Å². The van der Waals surface area contributed by atoms with E-state index >= 15 is 0 Å². The zero-order valence-electron chi connectivity index (χ0n) is 12.6. The Morgan fingerprint density at radius 1 is 1.23 bits per heavy atom. The number of nitrogens with one attached hydrogen (secondary N) is 1. The smallest absolute Gasteiger partial charge is 0.291 e. The standard InChI is InChI=1S/C18H18N2O2/c1-3-12-9-14(19)8-11(2)17(12)20-18(21)16-10-13-6-4-5-7-15(13)22-16/h4-10H,3,19H2,1-2H3,(H,20,21). The first kappa shape index (κ1) is 14.2. The molecule has 1 aromatic heterocycles. The van der Waals surface area contributed by atoms with Gasteiger partial charge in [0, 0.05) is 16.8 Å². The summed E-state index contributed by atoms with van der Waals surface area (Å²) >= 11 is 0. The molecule has 4 heteroatoms. The van der Waals surface area contributed by atoms with Gasteiger partial charge in [0.1, 0.15) is 5.58 Å². The SMILES string of the molecule is CCc1cc(N)cc(C)c1NC(=O)c1cc2ccccc2o1. The van der Waals surface area contributed by atoms with Crippen LogP contribution < -0.4 is 11.1 Å². The van der Waals surface area contributed by atoms with Crippen molar-refractivity contribution in [3.05, 3.63) is 59.4 Å². The minimum absolute atomic E-state index is 0.251. The molecule has 0 saturated carbocycles. The molecule has 0 saturated heterocycles. The molecule has 0 aliphatic rings. The predicted molar refractivity (Wildman–Crippen MR) is 89.1 cm³/mol. The number of benzene rings is 2. The van der Waals surface area contributed by atoms with Crippen molar-refractivity contribution in [1.29, 1.82) is 0 Å². The summed E-state index contributed by atoms with van der Waals surface area (Å²) in [6, 6.07) is 13.1. The van der Waals surface area contributed by atoms with Gasteiger partial charge >= 0.3 is 0 Å². The molecule has 1 heterocycles. The van der Waals surface area contributed by atoms with E-state index in [1.54, 1.807) is 6.07 Å². The zero-order chi connectivity index (χ0) is 15.7. The van der Waals surface area contributed by atoms with Crippen LogP contribution in [0.4, 0.5) is 11.4 Å². The van der Waals surface area contributed by atoms with Crippen molar-refractivity contribution in [3.63, 3.8) is 0 Å². The molecular weight excluding hydrogens is 276 g/mol. The van der Waals surface area contributed by atoms with E-state index in [0.717, 1.165) is 28.6 Å². The number of para-hydroxylation sites is 1. The van der Waals surface area contributed by atoms with Crippen molar-refractivity contribution in [3.8, 4) is 0 Å². The van der Waals surface area contributed by atoms with Crippen LogP contribution in [-0.2, 0) is 6.42 Å². The molecule has 0 unspecified atom stereocenters. The summed E-state index contributed by atoms with van der Waals surface area (Å²) in [5.41, 5.74) is 10.0. The number of rotatable bonds is 3. The van der Waals surface area contributed by atoms with Crippen LogP contribution in [0.5, 0.6) is 0 Å². The molecular formula is C18H18N2O2. The van der Waals surface area contributed by atoms with Crippen LogP contribution in [0.1, 0.15) is 28.6 Å². The van der Waals surface area contributed by atoms with Crippen LogP contribution in [0.3, 0.4) is 0 Å². The van der Waals surface area contributed by atoms with Crippen LogP contribution in [0.2, 0.25) is 0 Å². The van der Waals surface area contributed by atoms with Crippen LogP contribution in [0.15, 0.2) is 46.9 Å². The normalized spacial score (nSPS) is 10.8. The van der Waals surface area contributed by atoms with E-state index in [1.165, 1.54) is 0 Å². The van der Waals surface area contributed by atoms with Gasteiger partial charge in [-0.3, -0.25) is 4.79 Å². The molecule has 3 N–H and O–H groups in total. The number of nitrogen functional groups attached to an aromatic ring is 1. The number of aryl methyl sites for hydroxylation is 2. The average molecular weight is 294 g/mol. The summed E-state index contributed by atoms with van der Waals surface area (Å²) in [5, 5.41) is 3.86. The third-order valence-electron chi connectivity index (χ3n) is 3.71. The Morgan fingerprint density at radius 3 is 2.73 bits per heavy atom. The second-order valence-corrected chi connectivity index (χ2v) is 5.33. The highest BCUT2D eigenvalue weighted by atomic mass is 16.3. The molecule has 4 nitrogen and oxygen atoms in total. The van der Waals surface area contributed by atoms with Crippen molar-refractivity contribution in [2.75, 3.05) is 11.1 Å². The number of amides is 1. The van der Waals surface area contributed by atoms with E-state index in [2.05, 4.69) is 5.32 Å². The molecule has 2 aromatic carbocycles. The van der Waals surface area contributed by atoms with Crippen molar-refractivity contribution >= 4 is 28.3 Å². The van der Waals surface area contributed by atoms with Crippen LogP contribution in [0.25, 0.3) is 11.0 Å². The maximum Gasteiger partial charge on any atom is 0.291 e. The largest absolute Gasteiger partial charge is 0.451 e. The molecule has 0 aliphatic heterocycles. The molecule has 0 spiro atoms. The first-order valence-corrected chi connectivity index (χ1v) is 7.27. The lowest BCUT2D eigenvalue weighted by atomic mass is 10.0. The van der Waals surface area contributed by atoms with Gasteiger partial charge in [-0.05, 0) is 48.7 Å². The number of fused-ring (bicyclic) bond motifs is 1. The Bertz CT molecular complexity index is 816. The monoisotopic (exact) mass is 294 g/mol. The zero-order valence-corrected chi connectivity index (χ0v) is 12.6. The van der Waals surface area contributed by atoms with Gasteiger partial charge < -0.3 is 15.5 Å². The molecule has 112 valence electrons. The number of hydrogen-bond donors (Lipinski definition) is 2. The lowest BCUT2D eigenvalue weighted by molar-refractivity contribution is 0.0998. The number of hydrogen-bond acceptors (Lipinski definition) is 3. The number of nitrogens with two attached hydrogens (primary N) is 1. The highest BCUT2D eigenvalue weighted by Crippen LogP contribution is 2.26. The van der Waals surface area contributed by atoms with Gasteiger partial charge in [-0.15, -0.1) is 0 Å². The summed E-state index contributed by atoms with van der Waals surface area (Å²) in [6.45, 7) is 3.97. The van der Waals surface area contributed by atoms with Gasteiger partial charge in [0.25, 0.3) is 5.91 Å². The maximum absolute atomic E-state index is 12.5. The van der Waals surface area contributed by atoms with Gasteiger partial charge in [-0.1, -0.05) is 25.1 Å². The van der Waals surface area contributed by atoms with Crippen molar-refractivity contribution in [1.82, 2.24) is 0 Å². The third-order valence-corrected chi connectivity index (χ3v) is 3.71. The summed E-state index contributed by atoms with van der Waals surface area (Å²) in [7, 11) is 0. The molecule has 0 radical (unpaired) electrons. The molecule has 3 aromatic rings. The Labute approximate surface area is 128 Å². The topological polar surface area (TPSA) is 68.3 Å². The quantitative estimate of drug-likeness (QED) is 0.713. The van der Waals surface area contributed by atoms with E-state index in [1.807, 2.05) is 50.2 Å². The van der Waals surface area contributed by atoms with E-state index in [0.29, 0.717) is 17.0 Å². The molecule has 1 amide bonds. The Balaban J connectivity index is 1.94. The Kier molecular flexibility index (Phi) is 3.59. The summed E-state index contributed by atoms with van der Waals surface area (Å²) in [5.74, 6) is 0.0539. The fourth-order valence-electron chi connectivity index (χ4n) is 2.62. The molecule has 0 aliphatic carbocycles. The highest BCUT2D eigenvalue weighted by Gasteiger charge is 2.15. The van der Waals surface area contributed by atoms with E-state index in [-0.39, 0.29) is 5.91 Å². The number of anilines is 2. The van der Waals surface area contributed by atoms with Gasteiger partial charge in [0.05, 0.1) is 0 Å². The first-order valence-electron chi connectivity index (χ1n) is 7.27.